The Morgan fingerprint density at radius 1 is 1.29 bits per heavy atom. The summed E-state index contributed by atoms with van der Waals surface area (Å²) in [5.74, 6) is 0.359. The minimum atomic E-state index is -4.38. The third kappa shape index (κ3) is 12.0. The van der Waals surface area contributed by atoms with Crippen LogP contribution >= 0.6 is 7.82 Å². The minimum absolute atomic E-state index is 0.108. The van der Waals surface area contributed by atoms with E-state index in [0.29, 0.717) is 18.6 Å². The van der Waals surface area contributed by atoms with Crippen molar-refractivity contribution in [3.63, 3.8) is 0 Å². The van der Waals surface area contributed by atoms with Crippen molar-refractivity contribution < 1.29 is 23.3 Å². The van der Waals surface area contributed by atoms with E-state index in [1.165, 1.54) is 0 Å². The van der Waals surface area contributed by atoms with Crippen LogP contribution in [0.4, 0.5) is 0 Å². The van der Waals surface area contributed by atoms with E-state index >= 15 is 0 Å². The Balaban J connectivity index is 3.77. The molecule has 6 nitrogen and oxygen atoms in total. The van der Waals surface area contributed by atoms with Crippen LogP contribution in [0.5, 0.6) is 0 Å². The highest BCUT2D eigenvalue weighted by molar-refractivity contribution is 7.45. The fraction of sp³-hybridized carbons (Fsp3) is 0.929. The molecule has 0 aliphatic carbocycles. The molecule has 21 heavy (non-hydrogen) atoms. The number of carbonyl (C=O) groups excluding carboxylic acids is 1. The molecule has 4 atom stereocenters. The van der Waals surface area contributed by atoms with Gasteiger partial charge < -0.3 is 19.9 Å². The normalized spacial score (nSPS) is 18.7. The smallest absolute Gasteiger partial charge is 0.269 e. The summed E-state index contributed by atoms with van der Waals surface area (Å²) >= 11 is 0. The number of nitrogens with two attached hydrogens (primary N) is 1. The standard InChI is InChI=1S/C14H30NO5P/c1-4-12(2)8-6-5-7-9-19-21(17,18)20-14(15)10-13(3)11-16/h11-14H,4-10,15H2,1-3H3,(H,17,18)/p-1. The summed E-state index contributed by atoms with van der Waals surface area (Å²) in [5.41, 5.74) is 5.50. The molecule has 4 unspecified atom stereocenters. The highest BCUT2D eigenvalue weighted by Crippen LogP contribution is 2.40. The van der Waals surface area contributed by atoms with Crippen LogP contribution in [0.3, 0.4) is 0 Å². The van der Waals surface area contributed by atoms with Gasteiger partial charge >= 0.3 is 0 Å². The molecule has 0 radical (unpaired) electrons. The molecule has 0 aromatic heterocycles. The Morgan fingerprint density at radius 3 is 2.52 bits per heavy atom. The van der Waals surface area contributed by atoms with Gasteiger partial charge in [0.25, 0.3) is 7.82 Å². The predicted molar refractivity (Wildman–Crippen MR) is 80.4 cm³/mol. The first kappa shape index (κ1) is 20.7. The van der Waals surface area contributed by atoms with Crippen molar-refractivity contribution in [1.82, 2.24) is 0 Å². The second-order valence-corrected chi connectivity index (χ2v) is 7.00. The molecule has 0 aromatic rings. The topological polar surface area (TPSA) is 102 Å². The molecule has 2 N–H and O–H groups in total. The summed E-state index contributed by atoms with van der Waals surface area (Å²) in [5, 5.41) is 0. The van der Waals surface area contributed by atoms with Gasteiger partial charge in [-0.15, -0.1) is 0 Å². The average molecular weight is 322 g/mol. The van der Waals surface area contributed by atoms with Crippen LogP contribution in [0, 0.1) is 11.8 Å². The molecule has 7 heteroatoms. The molecule has 0 aliphatic heterocycles. The number of phosphoric acid groups is 1. The van der Waals surface area contributed by atoms with Gasteiger partial charge in [0.05, 0.1) is 6.61 Å². The van der Waals surface area contributed by atoms with Crippen molar-refractivity contribution >= 4 is 14.1 Å². The maximum absolute atomic E-state index is 11.5. The fourth-order valence-corrected chi connectivity index (χ4v) is 2.64. The highest BCUT2D eigenvalue weighted by Gasteiger charge is 2.17. The molecule has 0 bridgehead atoms. The van der Waals surface area contributed by atoms with Gasteiger partial charge in [-0.2, -0.15) is 0 Å². The fourth-order valence-electron chi connectivity index (χ4n) is 1.81. The summed E-state index contributed by atoms with van der Waals surface area (Å²) in [4.78, 5) is 22.0. The van der Waals surface area contributed by atoms with E-state index in [1.54, 1.807) is 6.92 Å². The van der Waals surface area contributed by atoms with Crippen LogP contribution in [0.25, 0.3) is 0 Å². The maximum atomic E-state index is 11.5. The summed E-state index contributed by atoms with van der Waals surface area (Å²) in [6.07, 6.45) is 4.79. The van der Waals surface area contributed by atoms with Crippen LogP contribution < -0.4 is 10.6 Å². The van der Waals surface area contributed by atoms with E-state index in [1.807, 2.05) is 0 Å². The van der Waals surface area contributed by atoms with Crippen molar-refractivity contribution in [2.45, 2.75) is 65.5 Å². The number of hydrogen-bond acceptors (Lipinski definition) is 6. The van der Waals surface area contributed by atoms with Gasteiger partial charge in [0, 0.05) is 5.92 Å². The van der Waals surface area contributed by atoms with E-state index in [9.17, 15) is 14.3 Å². The lowest BCUT2D eigenvalue weighted by atomic mass is 10.0. The van der Waals surface area contributed by atoms with Crippen LogP contribution in [0.1, 0.15) is 59.3 Å². The summed E-state index contributed by atoms with van der Waals surface area (Å²) < 4.78 is 20.9. The van der Waals surface area contributed by atoms with Gasteiger partial charge in [0.15, 0.2) is 0 Å². The average Bonchev–Trinajstić information content (AvgIpc) is 2.41. The molecule has 0 spiro atoms. The largest absolute Gasteiger partial charge is 0.756 e. The molecule has 0 heterocycles. The first-order valence-electron chi connectivity index (χ1n) is 7.65. The van der Waals surface area contributed by atoms with Crippen LogP contribution in [0.2, 0.25) is 0 Å². The number of hydrogen-bond donors (Lipinski definition) is 1. The van der Waals surface area contributed by atoms with Gasteiger partial charge in [0.1, 0.15) is 12.5 Å². The molecule has 0 saturated carbocycles. The zero-order chi connectivity index (χ0) is 16.3. The van der Waals surface area contributed by atoms with Crippen molar-refractivity contribution in [3.8, 4) is 0 Å². The van der Waals surface area contributed by atoms with Crippen molar-refractivity contribution in [2.24, 2.45) is 17.6 Å². The first-order valence-corrected chi connectivity index (χ1v) is 9.11. The van der Waals surface area contributed by atoms with Gasteiger partial charge in [-0.3, -0.25) is 9.09 Å². The molecule has 0 amide bonds. The zero-order valence-electron chi connectivity index (χ0n) is 13.3. The third-order valence-corrected chi connectivity index (χ3v) is 4.42. The second-order valence-electron chi connectivity index (χ2n) is 5.64. The summed E-state index contributed by atoms with van der Waals surface area (Å²) in [6, 6.07) is 0. The summed E-state index contributed by atoms with van der Waals surface area (Å²) in [7, 11) is -4.38. The Labute approximate surface area is 128 Å². The van der Waals surface area contributed by atoms with Gasteiger partial charge in [-0.25, -0.2) is 0 Å². The first-order chi connectivity index (χ1) is 9.80. The van der Waals surface area contributed by atoms with Crippen molar-refractivity contribution in [1.29, 1.82) is 0 Å². The molecular formula is C14H29NO5P-. The molecule has 0 fully saturated rings. The van der Waals surface area contributed by atoms with Crippen LogP contribution in [-0.2, 0) is 18.4 Å². The Morgan fingerprint density at radius 2 is 1.95 bits per heavy atom. The lowest BCUT2D eigenvalue weighted by molar-refractivity contribution is -0.230. The van der Waals surface area contributed by atoms with Gasteiger partial charge in [-0.05, 0) is 18.8 Å². The molecule has 0 saturated heterocycles. The van der Waals surface area contributed by atoms with E-state index in [0.717, 1.165) is 25.7 Å². The minimum Gasteiger partial charge on any atom is -0.756 e. The van der Waals surface area contributed by atoms with E-state index in [4.69, 9.17) is 10.3 Å². The van der Waals surface area contributed by atoms with E-state index < -0.39 is 14.1 Å². The number of aldehydes is 1. The second kappa shape index (κ2) is 11.3. The highest BCUT2D eigenvalue weighted by atomic mass is 31.2. The Bertz CT molecular complexity index is 326. The number of rotatable bonds is 13. The van der Waals surface area contributed by atoms with Gasteiger partial charge in [-0.1, -0.05) is 46.5 Å². The Kier molecular flexibility index (Phi) is 11.2. The van der Waals surface area contributed by atoms with Gasteiger partial charge in [0.2, 0.25) is 0 Å². The molecule has 0 rings (SSSR count). The number of unbranched alkanes of at least 4 members (excludes halogenated alkanes) is 2. The van der Waals surface area contributed by atoms with Crippen molar-refractivity contribution in [3.05, 3.63) is 0 Å². The maximum Gasteiger partial charge on any atom is 0.269 e. The molecule has 0 aromatic carbocycles. The predicted octanol–water partition coefficient (Wildman–Crippen LogP) is 2.60. The molecule has 0 aliphatic rings. The zero-order valence-corrected chi connectivity index (χ0v) is 14.2. The Hall–Kier alpha value is -0.260. The lowest BCUT2D eigenvalue weighted by Gasteiger charge is -2.26. The van der Waals surface area contributed by atoms with Crippen molar-refractivity contribution in [2.75, 3.05) is 6.61 Å². The molecular weight excluding hydrogens is 293 g/mol. The van der Waals surface area contributed by atoms with E-state index in [-0.39, 0.29) is 18.9 Å². The number of carbonyl (C=O) groups is 1. The van der Waals surface area contributed by atoms with E-state index in [2.05, 4.69) is 18.4 Å². The number of phosphoric ester groups is 1. The SMILES string of the molecule is CCC(C)CCCCCOP(=O)([O-])OC(N)CC(C)C=O. The third-order valence-electron chi connectivity index (χ3n) is 3.39. The van der Waals surface area contributed by atoms with Crippen LogP contribution in [-0.4, -0.2) is 19.1 Å². The lowest BCUT2D eigenvalue weighted by Crippen LogP contribution is -2.28. The monoisotopic (exact) mass is 322 g/mol. The quantitative estimate of drug-likeness (QED) is 0.242. The van der Waals surface area contributed by atoms with Crippen LogP contribution in [0.15, 0.2) is 0 Å². The molecule has 126 valence electrons. The summed E-state index contributed by atoms with van der Waals surface area (Å²) in [6.45, 7) is 6.12.